The highest BCUT2D eigenvalue weighted by Gasteiger charge is 2.31. The van der Waals surface area contributed by atoms with Crippen LogP contribution in [0.25, 0.3) is 22.4 Å². The molecule has 0 saturated heterocycles. The molecule has 11 heteroatoms. The van der Waals surface area contributed by atoms with Gasteiger partial charge in [-0.05, 0) is 55.3 Å². The summed E-state index contributed by atoms with van der Waals surface area (Å²) in [5.74, 6) is 0.149. The first-order valence-electron chi connectivity index (χ1n) is 10.6. The number of alkyl halides is 3. The Morgan fingerprint density at radius 2 is 1.53 bits per heavy atom. The van der Waals surface area contributed by atoms with Crippen LogP contribution >= 0.6 is 0 Å². The van der Waals surface area contributed by atoms with Crippen LogP contribution in [0.15, 0.2) is 78.0 Å². The molecule has 0 spiro atoms. The normalized spacial score (nSPS) is 11.8. The Balaban J connectivity index is 1.60. The molecule has 0 atom stereocenters. The molecule has 4 aromatic rings. The zero-order valence-electron chi connectivity index (χ0n) is 19.2. The number of primary sulfonamides is 1. The van der Waals surface area contributed by atoms with E-state index in [0.29, 0.717) is 33.9 Å². The Labute approximate surface area is 205 Å². The van der Waals surface area contributed by atoms with Crippen molar-refractivity contribution in [3.8, 4) is 28.1 Å². The lowest BCUT2D eigenvalue weighted by molar-refractivity contribution is -0.274. The van der Waals surface area contributed by atoms with Crippen molar-refractivity contribution in [2.45, 2.75) is 25.1 Å². The van der Waals surface area contributed by atoms with Gasteiger partial charge in [0.15, 0.2) is 0 Å². The Kier molecular flexibility index (Phi) is 6.70. The first kappa shape index (κ1) is 25.1. The molecule has 0 fully saturated rings. The van der Waals surface area contributed by atoms with Gasteiger partial charge in [-0.25, -0.2) is 23.5 Å². The third-order valence-electron chi connectivity index (χ3n) is 5.35. The molecule has 1 heterocycles. The molecule has 1 aromatic heterocycles. The van der Waals surface area contributed by atoms with Crippen LogP contribution in [0.3, 0.4) is 0 Å². The van der Waals surface area contributed by atoms with Gasteiger partial charge in [0.1, 0.15) is 17.9 Å². The topological polar surface area (TPSA) is 107 Å². The molecule has 0 radical (unpaired) electrons. The number of hydrogen-bond acceptors (Lipinski definition) is 6. The van der Waals surface area contributed by atoms with E-state index >= 15 is 0 Å². The number of nitrogens with two attached hydrogens (primary N) is 1. The predicted molar refractivity (Wildman–Crippen MR) is 130 cm³/mol. The van der Waals surface area contributed by atoms with E-state index in [1.807, 2.05) is 25.1 Å². The van der Waals surface area contributed by atoms with E-state index in [9.17, 15) is 21.6 Å². The van der Waals surface area contributed by atoms with Crippen LogP contribution in [0.5, 0.6) is 5.75 Å². The molecule has 0 unspecified atom stereocenters. The zero-order chi connectivity index (χ0) is 26.1. The number of hydrogen-bond donors (Lipinski definition) is 2. The van der Waals surface area contributed by atoms with Gasteiger partial charge in [0.2, 0.25) is 10.0 Å². The van der Waals surface area contributed by atoms with Crippen molar-refractivity contribution >= 4 is 21.5 Å². The van der Waals surface area contributed by atoms with E-state index in [0.717, 1.165) is 11.1 Å². The van der Waals surface area contributed by atoms with Gasteiger partial charge < -0.3 is 10.1 Å². The van der Waals surface area contributed by atoms with E-state index in [-0.39, 0.29) is 10.6 Å². The fourth-order valence-electron chi connectivity index (χ4n) is 3.65. The Morgan fingerprint density at radius 1 is 0.889 bits per heavy atom. The lowest BCUT2D eigenvalue weighted by Gasteiger charge is -2.13. The Morgan fingerprint density at radius 3 is 2.14 bits per heavy atom. The first-order valence-corrected chi connectivity index (χ1v) is 12.1. The van der Waals surface area contributed by atoms with Crippen molar-refractivity contribution in [1.82, 2.24) is 9.97 Å². The minimum absolute atomic E-state index is 0.0478. The molecule has 186 valence electrons. The lowest BCUT2D eigenvalue weighted by Crippen LogP contribution is -2.17. The molecule has 0 aliphatic carbocycles. The SMILES string of the molecule is Cc1ccc(-c2ccc(-c3ncnc(Nc4ccc(OC(F)(F)F)cc4)c3C)cc2)c(S(N)(=O)=O)c1. The van der Waals surface area contributed by atoms with Crippen LogP contribution < -0.4 is 15.2 Å². The van der Waals surface area contributed by atoms with Crippen LogP contribution in [-0.2, 0) is 10.0 Å². The van der Waals surface area contributed by atoms with E-state index in [1.54, 1.807) is 25.1 Å². The summed E-state index contributed by atoms with van der Waals surface area (Å²) in [6.45, 7) is 3.60. The van der Waals surface area contributed by atoms with Gasteiger partial charge in [-0.15, -0.1) is 13.2 Å². The van der Waals surface area contributed by atoms with Gasteiger partial charge in [0, 0.05) is 22.4 Å². The number of benzene rings is 3. The van der Waals surface area contributed by atoms with Gasteiger partial charge in [0.05, 0.1) is 10.6 Å². The molecule has 36 heavy (non-hydrogen) atoms. The third kappa shape index (κ3) is 5.81. The summed E-state index contributed by atoms with van der Waals surface area (Å²) < 4.78 is 65.1. The summed E-state index contributed by atoms with van der Waals surface area (Å²) in [5.41, 5.74) is 4.57. The van der Waals surface area contributed by atoms with Crippen molar-refractivity contribution < 1.29 is 26.3 Å². The number of sulfonamides is 1. The minimum Gasteiger partial charge on any atom is -0.406 e. The lowest BCUT2D eigenvalue weighted by atomic mass is 10.0. The number of aryl methyl sites for hydroxylation is 1. The maximum Gasteiger partial charge on any atom is 0.573 e. The second-order valence-corrected chi connectivity index (χ2v) is 9.54. The molecule has 3 N–H and O–H groups in total. The minimum atomic E-state index is -4.76. The summed E-state index contributed by atoms with van der Waals surface area (Å²) in [4.78, 5) is 8.65. The number of anilines is 2. The summed E-state index contributed by atoms with van der Waals surface area (Å²) in [5, 5.41) is 8.48. The molecular weight excluding hydrogens is 493 g/mol. The number of nitrogens with zero attached hydrogens (tertiary/aromatic N) is 2. The summed E-state index contributed by atoms with van der Waals surface area (Å²) in [6.07, 6.45) is -3.39. The predicted octanol–water partition coefficient (Wildman–Crippen LogP) is 5.72. The largest absolute Gasteiger partial charge is 0.573 e. The summed E-state index contributed by atoms with van der Waals surface area (Å²) >= 11 is 0. The van der Waals surface area contributed by atoms with Crippen LogP contribution in [0.2, 0.25) is 0 Å². The second kappa shape index (κ2) is 9.59. The molecule has 3 aromatic carbocycles. The smallest absolute Gasteiger partial charge is 0.406 e. The van der Waals surface area contributed by atoms with E-state index < -0.39 is 16.4 Å². The monoisotopic (exact) mass is 514 g/mol. The van der Waals surface area contributed by atoms with Gasteiger partial charge in [-0.1, -0.05) is 36.4 Å². The molecular formula is C25H21F3N4O3S. The van der Waals surface area contributed by atoms with Gasteiger partial charge in [-0.2, -0.15) is 0 Å². The first-order chi connectivity index (χ1) is 16.9. The number of nitrogens with one attached hydrogen (secondary N) is 1. The highest BCUT2D eigenvalue weighted by molar-refractivity contribution is 7.89. The quantitative estimate of drug-likeness (QED) is 0.341. The molecule has 0 saturated carbocycles. The van der Waals surface area contributed by atoms with Crippen molar-refractivity contribution in [2.75, 3.05) is 5.32 Å². The summed E-state index contributed by atoms with van der Waals surface area (Å²) in [6, 6.07) is 17.5. The molecule has 0 bridgehead atoms. The molecule has 0 amide bonds. The van der Waals surface area contributed by atoms with E-state index in [4.69, 9.17) is 5.14 Å². The van der Waals surface area contributed by atoms with Gasteiger partial charge >= 0.3 is 6.36 Å². The van der Waals surface area contributed by atoms with Crippen molar-refractivity contribution in [3.05, 3.63) is 84.2 Å². The second-order valence-electron chi connectivity index (χ2n) is 8.02. The zero-order valence-corrected chi connectivity index (χ0v) is 20.0. The Bertz CT molecular complexity index is 1510. The molecule has 0 aliphatic heterocycles. The van der Waals surface area contributed by atoms with Crippen LogP contribution in [0.1, 0.15) is 11.1 Å². The fraction of sp³-hybridized carbons (Fsp3) is 0.120. The van der Waals surface area contributed by atoms with E-state index in [2.05, 4.69) is 20.0 Å². The molecule has 0 aliphatic rings. The average Bonchev–Trinajstić information content (AvgIpc) is 2.80. The van der Waals surface area contributed by atoms with Crippen molar-refractivity contribution in [3.63, 3.8) is 0 Å². The third-order valence-corrected chi connectivity index (χ3v) is 6.30. The van der Waals surface area contributed by atoms with Crippen LogP contribution in [-0.4, -0.2) is 24.7 Å². The maximum atomic E-state index is 12.4. The maximum absolute atomic E-state index is 12.4. The highest BCUT2D eigenvalue weighted by atomic mass is 32.2. The highest BCUT2D eigenvalue weighted by Crippen LogP contribution is 2.32. The van der Waals surface area contributed by atoms with Gasteiger partial charge in [0.25, 0.3) is 0 Å². The average molecular weight is 515 g/mol. The summed E-state index contributed by atoms with van der Waals surface area (Å²) in [7, 11) is -3.91. The van der Waals surface area contributed by atoms with Crippen LogP contribution in [0.4, 0.5) is 24.7 Å². The number of ether oxygens (including phenoxy) is 1. The number of halogens is 3. The fourth-order valence-corrected chi connectivity index (χ4v) is 4.50. The van der Waals surface area contributed by atoms with Crippen LogP contribution in [0, 0.1) is 13.8 Å². The van der Waals surface area contributed by atoms with E-state index in [1.165, 1.54) is 36.7 Å². The van der Waals surface area contributed by atoms with Gasteiger partial charge in [-0.3, -0.25) is 0 Å². The van der Waals surface area contributed by atoms with Crippen molar-refractivity contribution in [1.29, 1.82) is 0 Å². The number of aromatic nitrogens is 2. The molecule has 7 nitrogen and oxygen atoms in total. The standard InChI is InChI=1S/C25H21F3N4O3S/c1-15-3-12-21(22(13-15)36(29,33)34)17-4-6-18(7-5-17)23-16(2)24(31-14-30-23)32-19-8-10-20(11-9-19)35-25(26,27)28/h3-14H,1-2H3,(H2,29,33,34)(H,30,31,32). The molecule has 4 rings (SSSR count). The Hall–Kier alpha value is -3.96. The van der Waals surface area contributed by atoms with Crippen molar-refractivity contribution in [2.24, 2.45) is 5.14 Å². The number of rotatable bonds is 6.